The molecule has 0 bridgehead atoms. The zero-order chi connectivity index (χ0) is 23.0. The fourth-order valence-electron chi connectivity index (χ4n) is 3.80. The predicted octanol–water partition coefficient (Wildman–Crippen LogP) is 2.59. The van der Waals surface area contributed by atoms with Gasteiger partial charge in [-0.05, 0) is 55.2 Å². The smallest absolute Gasteiger partial charge is 0.220 e. The molecule has 1 N–H and O–H groups in total. The molecule has 1 fully saturated rings. The largest absolute Gasteiger partial charge is 0.497 e. The third kappa shape index (κ3) is 6.97. The lowest BCUT2D eigenvalue weighted by molar-refractivity contribution is -0.121. The number of aryl methyl sites for hydroxylation is 2. The number of carbonyl (C=O) groups is 1. The maximum atomic E-state index is 12.7. The molecular formula is C24H33N3O4S. The van der Waals surface area contributed by atoms with Gasteiger partial charge in [0.2, 0.25) is 15.9 Å². The Morgan fingerprint density at radius 3 is 2.44 bits per heavy atom. The molecule has 2 aromatic rings. The number of rotatable bonds is 10. The Bertz CT molecular complexity index is 985. The third-order valence-electron chi connectivity index (χ3n) is 5.70. The van der Waals surface area contributed by atoms with E-state index in [9.17, 15) is 13.2 Å². The van der Waals surface area contributed by atoms with Gasteiger partial charge in [-0.2, -0.15) is 4.31 Å². The third-order valence-corrected chi connectivity index (χ3v) is 7.66. The molecule has 1 aliphatic rings. The van der Waals surface area contributed by atoms with Gasteiger partial charge in [0.15, 0.2) is 0 Å². The minimum Gasteiger partial charge on any atom is -0.497 e. The Balaban J connectivity index is 1.34. The Morgan fingerprint density at radius 1 is 1.06 bits per heavy atom. The van der Waals surface area contributed by atoms with Gasteiger partial charge in [0, 0.05) is 44.8 Å². The maximum Gasteiger partial charge on any atom is 0.220 e. The minimum absolute atomic E-state index is 0.0518. The number of sulfonamides is 1. The average molecular weight is 460 g/mol. The van der Waals surface area contributed by atoms with Crippen LogP contribution in [0, 0.1) is 6.92 Å². The van der Waals surface area contributed by atoms with Crippen LogP contribution in [-0.4, -0.2) is 64.2 Å². The summed E-state index contributed by atoms with van der Waals surface area (Å²) in [5.74, 6) is 0.775. The molecule has 0 saturated carbocycles. The summed E-state index contributed by atoms with van der Waals surface area (Å²) < 4.78 is 32.1. The topological polar surface area (TPSA) is 78.9 Å². The van der Waals surface area contributed by atoms with Crippen LogP contribution in [0.1, 0.15) is 24.0 Å². The quantitative estimate of drug-likeness (QED) is 0.553. The first-order valence-corrected chi connectivity index (χ1v) is 12.7. The number of hydrogen-bond donors (Lipinski definition) is 1. The van der Waals surface area contributed by atoms with E-state index in [4.69, 9.17) is 4.74 Å². The monoisotopic (exact) mass is 459 g/mol. The SMILES string of the molecule is COc1ccc(CCC(=O)NCCCS(=O)(=O)N2CCN(c3cccc(C)c3)CC2)cc1. The van der Waals surface area contributed by atoms with E-state index in [1.54, 1.807) is 11.4 Å². The number of hydrogen-bond acceptors (Lipinski definition) is 5. The van der Waals surface area contributed by atoms with Crippen molar-refractivity contribution < 1.29 is 17.9 Å². The van der Waals surface area contributed by atoms with Gasteiger partial charge in [0.1, 0.15) is 5.75 Å². The molecule has 8 heteroatoms. The summed E-state index contributed by atoms with van der Waals surface area (Å²) in [6.45, 7) is 4.77. The van der Waals surface area contributed by atoms with Crippen molar-refractivity contribution >= 4 is 21.6 Å². The minimum atomic E-state index is -3.31. The molecule has 1 saturated heterocycles. The fourth-order valence-corrected chi connectivity index (χ4v) is 5.29. The Hall–Kier alpha value is -2.58. The second-order valence-electron chi connectivity index (χ2n) is 8.09. The van der Waals surface area contributed by atoms with Crippen molar-refractivity contribution in [2.75, 3.05) is 50.5 Å². The summed E-state index contributed by atoms with van der Waals surface area (Å²) in [7, 11) is -1.69. The van der Waals surface area contributed by atoms with Crippen LogP contribution in [0.15, 0.2) is 48.5 Å². The van der Waals surface area contributed by atoms with Gasteiger partial charge in [-0.25, -0.2) is 8.42 Å². The highest BCUT2D eigenvalue weighted by Crippen LogP contribution is 2.19. The normalized spacial score (nSPS) is 14.9. The van der Waals surface area contributed by atoms with Crippen LogP contribution in [0.5, 0.6) is 5.75 Å². The number of nitrogens with one attached hydrogen (secondary N) is 1. The summed E-state index contributed by atoms with van der Waals surface area (Å²) in [5.41, 5.74) is 3.40. The molecule has 0 radical (unpaired) electrons. The molecule has 0 aromatic heterocycles. The van der Waals surface area contributed by atoms with Crippen LogP contribution in [0.2, 0.25) is 0 Å². The zero-order valence-corrected chi connectivity index (χ0v) is 19.7. The molecule has 0 atom stereocenters. The van der Waals surface area contributed by atoms with Crippen molar-refractivity contribution in [3.05, 3.63) is 59.7 Å². The molecule has 32 heavy (non-hydrogen) atoms. The van der Waals surface area contributed by atoms with Crippen molar-refractivity contribution in [1.82, 2.24) is 9.62 Å². The zero-order valence-electron chi connectivity index (χ0n) is 18.9. The van der Waals surface area contributed by atoms with Gasteiger partial charge in [-0.15, -0.1) is 0 Å². The Labute approximate surface area is 191 Å². The Kier molecular flexibility index (Phi) is 8.53. The molecule has 1 aliphatic heterocycles. The Morgan fingerprint density at radius 2 is 1.78 bits per heavy atom. The van der Waals surface area contributed by atoms with E-state index in [-0.39, 0.29) is 11.7 Å². The molecule has 2 aromatic carbocycles. The van der Waals surface area contributed by atoms with E-state index < -0.39 is 10.0 Å². The van der Waals surface area contributed by atoms with E-state index in [1.165, 1.54) is 5.56 Å². The number of anilines is 1. The first-order chi connectivity index (χ1) is 15.4. The van der Waals surface area contributed by atoms with Gasteiger partial charge in [0.05, 0.1) is 12.9 Å². The summed E-state index contributed by atoms with van der Waals surface area (Å²) in [4.78, 5) is 14.3. The van der Waals surface area contributed by atoms with Crippen molar-refractivity contribution in [3.63, 3.8) is 0 Å². The number of nitrogens with zero attached hydrogens (tertiary/aromatic N) is 2. The van der Waals surface area contributed by atoms with Crippen molar-refractivity contribution in [2.45, 2.75) is 26.2 Å². The van der Waals surface area contributed by atoms with Gasteiger partial charge < -0.3 is 15.0 Å². The van der Waals surface area contributed by atoms with Crippen molar-refractivity contribution in [3.8, 4) is 5.75 Å². The van der Waals surface area contributed by atoms with E-state index in [2.05, 4.69) is 35.3 Å². The van der Waals surface area contributed by atoms with Crippen LogP contribution in [-0.2, 0) is 21.2 Å². The van der Waals surface area contributed by atoms with Gasteiger partial charge in [-0.1, -0.05) is 24.3 Å². The molecule has 1 amide bonds. The van der Waals surface area contributed by atoms with E-state index in [0.29, 0.717) is 52.0 Å². The molecule has 3 rings (SSSR count). The predicted molar refractivity (Wildman–Crippen MR) is 128 cm³/mol. The molecule has 1 heterocycles. The van der Waals surface area contributed by atoms with Crippen LogP contribution in [0.25, 0.3) is 0 Å². The molecule has 0 spiro atoms. The second-order valence-corrected chi connectivity index (χ2v) is 10.2. The lowest BCUT2D eigenvalue weighted by Crippen LogP contribution is -2.49. The van der Waals surface area contributed by atoms with Gasteiger partial charge in [-0.3, -0.25) is 4.79 Å². The van der Waals surface area contributed by atoms with E-state index in [1.807, 2.05) is 30.3 Å². The standard InChI is InChI=1S/C24H33N3O4S/c1-20-5-3-6-22(19-20)26-14-16-27(17-15-26)32(29,30)18-4-13-25-24(28)12-9-21-7-10-23(31-2)11-8-21/h3,5-8,10-11,19H,4,9,12-18H2,1-2H3,(H,25,28). The van der Waals surface area contributed by atoms with Crippen molar-refractivity contribution in [1.29, 1.82) is 0 Å². The fraction of sp³-hybridized carbons (Fsp3) is 0.458. The number of piperazine rings is 1. The summed E-state index contributed by atoms with van der Waals surface area (Å²) >= 11 is 0. The van der Waals surface area contributed by atoms with E-state index >= 15 is 0 Å². The van der Waals surface area contributed by atoms with Crippen LogP contribution in [0.3, 0.4) is 0 Å². The van der Waals surface area contributed by atoms with Gasteiger partial charge >= 0.3 is 0 Å². The van der Waals surface area contributed by atoms with Crippen LogP contribution in [0.4, 0.5) is 5.69 Å². The first kappa shape index (κ1) is 24.1. The highest BCUT2D eigenvalue weighted by atomic mass is 32.2. The molecular weight excluding hydrogens is 426 g/mol. The second kappa shape index (κ2) is 11.3. The molecule has 0 aliphatic carbocycles. The first-order valence-electron chi connectivity index (χ1n) is 11.1. The number of amides is 1. The summed E-state index contributed by atoms with van der Waals surface area (Å²) in [6, 6.07) is 15.9. The number of ether oxygens (including phenoxy) is 1. The lowest BCUT2D eigenvalue weighted by atomic mass is 10.1. The highest BCUT2D eigenvalue weighted by Gasteiger charge is 2.26. The molecule has 174 valence electrons. The number of benzene rings is 2. The number of carbonyl (C=O) groups excluding carboxylic acids is 1. The maximum absolute atomic E-state index is 12.7. The molecule has 7 nitrogen and oxygen atoms in total. The summed E-state index contributed by atoms with van der Waals surface area (Å²) in [6.07, 6.45) is 1.42. The van der Waals surface area contributed by atoms with E-state index in [0.717, 1.165) is 17.0 Å². The summed E-state index contributed by atoms with van der Waals surface area (Å²) in [5, 5.41) is 2.83. The highest BCUT2D eigenvalue weighted by molar-refractivity contribution is 7.89. The number of methoxy groups -OCH3 is 1. The van der Waals surface area contributed by atoms with Crippen LogP contribution < -0.4 is 15.0 Å². The molecule has 0 unspecified atom stereocenters. The average Bonchev–Trinajstić information content (AvgIpc) is 2.81. The lowest BCUT2D eigenvalue weighted by Gasteiger charge is -2.35. The van der Waals surface area contributed by atoms with Gasteiger partial charge in [0.25, 0.3) is 0 Å². The van der Waals surface area contributed by atoms with Crippen molar-refractivity contribution in [2.24, 2.45) is 0 Å². The van der Waals surface area contributed by atoms with Crippen LogP contribution >= 0.6 is 0 Å².